The van der Waals surface area contributed by atoms with Crippen molar-refractivity contribution in [2.75, 3.05) is 5.32 Å². The first kappa shape index (κ1) is 19.7. The largest absolute Gasteiger partial charge is 0.364 e. The molecule has 1 unspecified atom stereocenters. The van der Waals surface area contributed by atoms with Gasteiger partial charge in [-0.2, -0.15) is 0 Å². The van der Waals surface area contributed by atoms with E-state index in [1.54, 1.807) is 0 Å². The van der Waals surface area contributed by atoms with Crippen LogP contribution in [0.15, 0.2) is 24.3 Å². The first-order chi connectivity index (χ1) is 11.5. The number of benzene rings is 1. The number of nitrogens with one attached hydrogen (secondary N) is 1. The van der Waals surface area contributed by atoms with Crippen LogP contribution in [0.2, 0.25) is 0 Å². The van der Waals surface area contributed by atoms with Crippen LogP contribution >= 0.6 is 22.6 Å². The third-order valence-electron chi connectivity index (χ3n) is 4.51. The molecule has 2 rings (SSSR count). The Kier molecular flexibility index (Phi) is 7.97. The lowest BCUT2D eigenvalue weighted by molar-refractivity contribution is -0.132. The molecule has 0 heterocycles. The molecule has 0 saturated heterocycles. The second-order valence-corrected chi connectivity index (χ2v) is 8.25. The number of anilines is 1. The number of rotatable bonds is 7. The Morgan fingerprint density at radius 3 is 2.46 bits per heavy atom. The molecule has 5 heteroatoms. The van der Waals surface area contributed by atoms with Crippen molar-refractivity contribution in [3.8, 4) is 0 Å². The summed E-state index contributed by atoms with van der Waals surface area (Å²) >= 11 is 2.24. The minimum absolute atomic E-state index is 0.0325. The first-order valence-electron chi connectivity index (χ1n) is 8.93. The first-order valence-corrected chi connectivity index (χ1v) is 10.0. The summed E-state index contributed by atoms with van der Waals surface area (Å²) in [5.74, 6) is 0.478. The average molecular weight is 444 g/mol. The molecule has 0 radical (unpaired) electrons. The average Bonchev–Trinajstić information content (AvgIpc) is 2.55. The Balaban J connectivity index is 1.99. The molecule has 4 nitrogen and oxygen atoms in total. The van der Waals surface area contributed by atoms with Crippen LogP contribution in [0.4, 0.5) is 5.69 Å². The molecule has 2 atom stereocenters. The van der Waals surface area contributed by atoms with Crippen LogP contribution in [-0.4, -0.2) is 24.2 Å². The summed E-state index contributed by atoms with van der Waals surface area (Å²) in [6.45, 7) is 3.89. The number of hydrogen-bond acceptors (Lipinski definition) is 3. The number of halogens is 1. The van der Waals surface area contributed by atoms with Crippen LogP contribution in [0.25, 0.3) is 0 Å². The van der Waals surface area contributed by atoms with Crippen molar-refractivity contribution < 1.29 is 9.53 Å². The van der Waals surface area contributed by atoms with Gasteiger partial charge in [0, 0.05) is 15.3 Å². The van der Waals surface area contributed by atoms with Gasteiger partial charge in [0.2, 0.25) is 0 Å². The Morgan fingerprint density at radius 1 is 1.25 bits per heavy atom. The van der Waals surface area contributed by atoms with Crippen molar-refractivity contribution in [3.05, 3.63) is 27.8 Å². The number of hydrogen-bond donors (Lipinski definition) is 2. The molecule has 134 valence electrons. The van der Waals surface area contributed by atoms with E-state index in [0.717, 1.165) is 15.7 Å². The molecule has 0 aromatic heterocycles. The zero-order chi connectivity index (χ0) is 17.5. The number of carbonyl (C=O) groups excluding carboxylic acids is 1. The van der Waals surface area contributed by atoms with E-state index in [0.29, 0.717) is 5.92 Å². The highest BCUT2D eigenvalue weighted by Gasteiger charge is 2.30. The van der Waals surface area contributed by atoms with Gasteiger partial charge < -0.3 is 15.8 Å². The van der Waals surface area contributed by atoms with Crippen molar-refractivity contribution in [2.24, 2.45) is 11.7 Å². The van der Waals surface area contributed by atoms with E-state index in [-0.39, 0.29) is 18.1 Å². The molecule has 1 aliphatic carbocycles. The van der Waals surface area contributed by atoms with Gasteiger partial charge in [-0.25, -0.2) is 0 Å². The maximum atomic E-state index is 12.7. The van der Waals surface area contributed by atoms with Gasteiger partial charge in [0.15, 0.2) is 6.10 Å². The maximum Gasteiger partial charge on any atom is 0.255 e. The Hall–Kier alpha value is -0.660. The van der Waals surface area contributed by atoms with Crippen LogP contribution in [0.1, 0.15) is 52.4 Å². The van der Waals surface area contributed by atoms with Gasteiger partial charge in [0.05, 0.1) is 6.10 Å². The molecule has 0 spiro atoms. The molecule has 1 amide bonds. The molecule has 0 bridgehead atoms. The fourth-order valence-corrected chi connectivity index (χ4v) is 3.69. The number of carbonyl (C=O) groups is 1. The topological polar surface area (TPSA) is 64.3 Å². The highest BCUT2D eigenvalue weighted by atomic mass is 127. The molecule has 24 heavy (non-hydrogen) atoms. The Bertz CT molecular complexity index is 513. The van der Waals surface area contributed by atoms with Crippen LogP contribution in [0.3, 0.4) is 0 Å². The third kappa shape index (κ3) is 6.33. The summed E-state index contributed by atoms with van der Waals surface area (Å²) in [6, 6.07) is 7.48. The van der Waals surface area contributed by atoms with Crippen molar-refractivity contribution in [1.82, 2.24) is 0 Å². The zero-order valence-electron chi connectivity index (χ0n) is 14.6. The van der Waals surface area contributed by atoms with Crippen molar-refractivity contribution in [2.45, 2.75) is 70.6 Å². The molecule has 0 aliphatic heterocycles. The van der Waals surface area contributed by atoms with E-state index in [9.17, 15) is 4.79 Å². The summed E-state index contributed by atoms with van der Waals surface area (Å²) in [7, 11) is 0. The van der Waals surface area contributed by atoms with E-state index in [1.165, 1.54) is 32.1 Å². The van der Waals surface area contributed by atoms with E-state index in [1.807, 2.05) is 38.1 Å². The smallest absolute Gasteiger partial charge is 0.255 e. The van der Waals surface area contributed by atoms with Gasteiger partial charge >= 0.3 is 0 Å². The quantitative estimate of drug-likeness (QED) is 0.616. The maximum absolute atomic E-state index is 12.7. The minimum Gasteiger partial charge on any atom is -0.364 e. The highest BCUT2D eigenvalue weighted by molar-refractivity contribution is 14.1. The van der Waals surface area contributed by atoms with Gasteiger partial charge in [-0.05, 0) is 73.0 Å². The summed E-state index contributed by atoms with van der Waals surface area (Å²) < 4.78 is 7.01. The van der Waals surface area contributed by atoms with Gasteiger partial charge in [0.1, 0.15) is 0 Å². The van der Waals surface area contributed by atoms with Crippen LogP contribution < -0.4 is 11.1 Å². The normalized spacial score (nSPS) is 18.4. The fourth-order valence-electron chi connectivity index (χ4n) is 3.33. The Labute approximate surface area is 159 Å². The van der Waals surface area contributed by atoms with E-state index in [4.69, 9.17) is 10.5 Å². The summed E-state index contributed by atoms with van der Waals surface area (Å²) in [4.78, 5) is 12.7. The number of amides is 1. The molecule has 3 N–H and O–H groups in total. The van der Waals surface area contributed by atoms with E-state index < -0.39 is 6.10 Å². The summed E-state index contributed by atoms with van der Waals surface area (Å²) in [5, 5.41) is 2.95. The van der Waals surface area contributed by atoms with Crippen LogP contribution in [0, 0.1) is 9.49 Å². The SMILES string of the molecule is CC(C)OC(C(=O)Nc1ccc(I)cc1)[C@H](N)CC1CCCCC1. The molecule has 1 aromatic carbocycles. The van der Waals surface area contributed by atoms with Gasteiger partial charge in [0.25, 0.3) is 5.91 Å². The van der Waals surface area contributed by atoms with Crippen LogP contribution in [-0.2, 0) is 9.53 Å². The number of ether oxygens (including phenoxy) is 1. The second-order valence-electron chi connectivity index (χ2n) is 7.01. The van der Waals surface area contributed by atoms with Gasteiger partial charge in [-0.3, -0.25) is 4.79 Å². The predicted octanol–water partition coefficient (Wildman–Crippen LogP) is 4.32. The predicted molar refractivity (Wildman–Crippen MR) is 107 cm³/mol. The van der Waals surface area contributed by atoms with Crippen molar-refractivity contribution >= 4 is 34.2 Å². The minimum atomic E-state index is -0.605. The Morgan fingerprint density at radius 2 is 1.88 bits per heavy atom. The molecule has 1 aliphatic rings. The molecule has 1 saturated carbocycles. The lowest BCUT2D eigenvalue weighted by atomic mass is 9.84. The fraction of sp³-hybridized carbons (Fsp3) is 0.632. The highest BCUT2D eigenvalue weighted by Crippen LogP contribution is 2.28. The van der Waals surface area contributed by atoms with Gasteiger partial charge in [-0.15, -0.1) is 0 Å². The standard InChI is InChI=1S/C19H29IN2O2/c1-13(2)24-18(17(21)12-14-6-4-3-5-7-14)19(23)22-16-10-8-15(20)9-11-16/h8-11,13-14,17-18H,3-7,12,21H2,1-2H3,(H,22,23)/t17-,18?/m1/s1. The molecular formula is C19H29IN2O2. The molecular weight excluding hydrogens is 415 g/mol. The third-order valence-corrected chi connectivity index (χ3v) is 5.23. The van der Waals surface area contributed by atoms with Crippen molar-refractivity contribution in [1.29, 1.82) is 0 Å². The van der Waals surface area contributed by atoms with E-state index in [2.05, 4.69) is 27.9 Å². The van der Waals surface area contributed by atoms with Crippen molar-refractivity contribution in [3.63, 3.8) is 0 Å². The number of nitrogens with two attached hydrogens (primary N) is 1. The molecule has 1 fully saturated rings. The lowest BCUT2D eigenvalue weighted by Gasteiger charge is -2.30. The second kappa shape index (κ2) is 9.73. The zero-order valence-corrected chi connectivity index (χ0v) is 16.8. The lowest BCUT2D eigenvalue weighted by Crippen LogP contribution is -2.47. The molecule has 1 aromatic rings. The van der Waals surface area contributed by atoms with Gasteiger partial charge in [-0.1, -0.05) is 32.1 Å². The van der Waals surface area contributed by atoms with E-state index >= 15 is 0 Å². The monoisotopic (exact) mass is 444 g/mol. The van der Waals surface area contributed by atoms with Crippen LogP contribution in [0.5, 0.6) is 0 Å². The summed E-state index contributed by atoms with van der Waals surface area (Å²) in [6.07, 6.45) is 6.55. The summed E-state index contributed by atoms with van der Waals surface area (Å²) in [5.41, 5.74) is 7.17.